The lowest BCUT2D eigenvalue weighted by Crippen LogP contribution is -2.49. The standard InChI is InChI=1S/C38H37F3N10O2/c1-3-33(24(2)52)51-23-43-35(45-51)26-6-12-30(13-7-26)49-18-16-48(17-19-49)29-10-4-25(5-11-29)27-8-15-34(42-21-27)38(40,41)37(53)22-50-36(44-46-47-50)31-20-28(39)9-14-32(31)37/h4-15,20-21,23-24,33,52-53H,3,16-19,22H2,1-2H3/t24-,33-,37-/m0/s1. The van der Waals surface area contributed by atoms with Gasteiger partial charge in [-0.15, -0.1) is 5.10 Å². The first kappa shape index (κ1) is 34.4. The first-order chi connectivity index (χ1) is 25.6. The molecular weight excluding hydrogens is 685 g/mol. The Morgan fingerprint density at radius 2 is 1.49 bits per heavy atom. The van der Waals surface area contributed by atoms with E-state index in [2.05, 4.69) is 52.5 Å². The second-order valence-electron chi connectivity index (χ2n) is 13.5. The van der Waals surface area contributed by atoms with Gasteiger partial charge in [0.25, 0.3) is 0 Å². The van der Waals surface area contributed by atoms with E-state index in [1.807, 2.05) is 43.3 Å². The topological polar surface area (TPSA) is 134 Å². The van der Waals surface area contributed by atoms with Crippen molar-refractivity contribution in [2.75, 3.05) is 36.0 Å². The summed E-state index contributed by atoms with van der Waals surface area (Å²) in [6.07, 6.45) is 3.28. The smallest absolute Gasteiger partial charge is 0.323 e. The van der Waals surface area contributed by atoms with Gasteiger partial charge in [0.05, 0.1) is 18.7 Å². The Balaban J connectivity index is 0.911. The van der Waals surface area contributed by atoms with E-state index in [4.69, 9.17) is 0 Å². The molecule has 3 aromatic carbocycles. The van der Waals surface area contributed by atoms with Crippen LogP contribution in [-0.2, 0) is 18.1 Å². The molecule has 0 saturated carbocycles. The third-order valence-electron chi connectivity index (χ3n) is 10.3. The zero-order valence-corrected chi connectivity index (χ0v) is 29.1. The van der Waals surface area contributed by atoms with E-state index in [0.29, 0.717) is 11.4 Å². The predicted octanol–water partition coefficient (Wildman–Crippen LogP) is 5.45. The number of piperazine rings is 1. The Labute approximate surface area is 303 Å². The Hall–Kier alpha value is -5.67. The van der Waals surface area contributed by atoms with E-state index in [0.717, 1.165) is 78.0 Å². The Kier molecular flexibility index (Phi) is 8.69. The largest absolute Gasteiger partial charge is 0.391 e. The number of aliphatic hydroxyl groups is 2. The number of alkyl halides is 2. The second-order valence-corrected chi connectivity index (χ2v) is 13.5. The highest BCUT2D eigenvalue weighted by Crippen LogP contribution is 2.50. The maximum atomic E-state index is 16.2. The monoisotopic (exact) mass is 722 g/mol. The maximum Gasteiger partial charge on any atom is 0.323 e. The molecule has 1 saturated heterocycles. The van der Waals surface area contributed by atoms with Gasteiger partial charge in [-0.3, -0.25) is 4.98 Å². The van der Waals surface area contributed by atoms with Gasteiger partial charge in [0.15, 0.2) is 17.2 Å². The van der Waals surface area contributed by atoms with Crippen LogP contribution in [-0.4, -0.2) is 82.5 Å². The zero-order chi connectivity index (χ0) is 36.9. The normalized spacial score (nSPS) is 18.4. The summed E-state index contributed by atoms with van der Waals surface area (Å²) < 4.78 is 49.2. The summed E-state index contributed by atoms with van der Waals surface area (Å²) in [7, 11) is 0. The molecule has 3 aromatic heterocycles. The van der Waals surface area contributed by atoms with Gasteiger partial charge in [-0.2, -0.15) is 13.9 Å². The molecule has 272 valence electrons. The van der Waals surface area contributed by atoms with Crippen molar-refractivity contribution in [2.45, 2.75) is 50.5 Å². The van der Waals surface area contributed by atoms with Gasteiger partial charge < -0.3 is 20.0 Å². The van der Waals surface area contributed by atoms with Gasteiger partial charge in [-0.25, -0.2) is 18.7 Å². The molecule has 0 unspecified atom stereocenters. The number of hydrogen-bond acceptors (Lipinski definition) is 10. The van der Waals surface area contributed by atoms with Crippen molar-refractivity contribution in [1.29, 1.82) is 0 Å². The molecule has 53 heavy (non-hydrogen) atoms. The number of rotatable bonds is 9. The zero-order valence-electron chi connectivity index (χ0n) is 29.1. The van der Waals surface area contributed by atoms with E-state index < -0.39 is 35.7 Å². The van der Waals surface area contributed by atoms with Crippen LogP contribution < -0.4 is 9.80 Å². The van der Waals surface area contributed by atoms with Crippen molar-refractivity contribution in [3.8, 4) is 33.9 Å². The van der Waals surface area contributed by atoms with Gasteiger partial charge in [-0.1, -0.05) is 31.2 Å². The predicted molar refractivity (Wildman–Crippen MR) is 192 cm³/mol. The number of pyridine rings is 1. The molecular formula is C38H37F3N10O2. The van der Waals surface area contributed by atoms with Gasteiger partial charge in [0.1, 0.15) is 17.8 Å². The number of hydrogen-bond donors (Lipinski definition) is 2. The summed E-state index contributed by atoms with van der Waals surface area (Å²) in [6, 6.07) is 22.0. The molecule has 0 bridgehead atoms. The molecule has 0 spiro atoms. The summed E-state index contributed by atoms with van der Waals surface area (Å²) in [4.78, 5) is 13.2. The number of anilines is 2. The summed E-state index contributed by atoms with van der Waals surface area (Å²) in [5, 5.41) is 37.3. The molecule has 0 aliphatic carbocycles. The van der Waals surface area contributed by atoms with Gasteiger partial charge >= 0.3 is 5.92 Å². The van der Waals surface area contributed by atoms with Crippen molar-refractivity contribution in [2.24, 2.45) is 0 Å². The highest BCUT2D eigenvalue weighted by molar-refractivity contribution is 5.67. The summed E-state index contributed by atoms with van der Waals surface area (Å²) >= 11 is 0. The Morgan fingerprint density at radius 1 is 0.849 bits per heavy atom. The summed E-state index contributed by atoms with van der Waals surface area (Å²) in [6.45, 7) is 6.45. The van der Waals surface area contributed by atoms with Crippen molar-refractivity contribution in [3.63, 3.8) is 0 Å². The molecule has 2 N–H and O–H groups in total. The van der Waals surface area contributed by atoms with Gasteiger partial charge in [-0.05, 0) is 83.9 Å². The molecule has 2 aliphatic heterocycles. The number of benzene rings is 3. The second kappa shape index (κ2) is 13.4. The fraction of sp³-hybridized carbons (Fsp3) is 0.316. The molecule has 3 atom stereocenters. The van der Waals surface area contributed by atoms with E-state index >= 15 is 8.78 Å². The van der Waals surface area contributed by atoms with Crippen molar-refractivity contribution in [1.82, 2.24) is 40.0 Å². The lowest BCUT2D eigenvalue weighted by molar-refractivity contribution is -0.207. The minimum Gasteiger partial charge on any atom is -0.391 e. The average molecular weight is 723 g/mol. The molecule has 12 nitrogen and oxygen atoms in total. The van der Waals surface area contributed by atoms with Crippen LogP contribution in [0.4, 0.5) is 24.5 Å². The number of aliphatic hydroxyl groups excluding tert-OH is 1. The minimum atomic E-state index is -3.87. The van der Waals surface area contributed by atoms with Crippen LogP contribution in [0.25, 0.3) is 33.9 Å². The third kappa shape index (κ3) is 6.08. The first-order valence-electron chi connectivity index (χ1n) is 17.5. The molecule has 2 aliphatic rings. The molecule has 15 heteroatoms. The Morgan fingerprint density at radius 3 is 2.09 bits per heavy atom. The van der Waals surface area contributed by atoms with Crippen LogP contribution in [0, 0.1) is 5.82 Å². The number of halogens is 3. The van der Waals surface area contributed by atoms with E-state index in [9.17, 15) is 14.6 Å². The average Bonchev–Trinajstić information content (AvgIpc) is 3.86. The van der Waals surface area contributed by atoms with Crippen LogP contribution in [0.5, 0.6) is 0 Å². The fourth-order valence-electron chi connectivity index (χ4n) is 7.32. The summed E-state index contributed by atoms with van der Waals surface area (Å²) in [5.41, 5.74) is 0.945. The quantitative estimate of drug-likeness (QED) is 0.199. The number of aromatic nitrogens is 8. The lowest BCUT2D eigenvalue weighted by Gasteiger charge is -2.39. The molecule has 0 radical (unpaired) electrons. The first-order valence-corrected chi connectivity index (χ1v) is 17.5. The lowest BCUT2D eigenvalue weighted by atomic mass is 9.80. The third-order valence-corrected chi connectivity index (χ3v) is 10.3. The van der Waals surface area contributed by atoms with Crippen molar-refractivity contribution in [3.05, 3.63) is 108 Å². The van der Waals surface area contributed by atoms with E-state index in [1.165, 1.54) is 12.3 Å². The van der Waals surface area contributed by atoms with E-state index in [-0.39, 0.29) is 23.0 Å². The van der Waals surface area contributed by atoms with Crippen LogP contribution in [0.15, 0.2) is 91.4 Å². The van der Waals surface area contributed by atoms with Gasteiger partial charge in [0, 0.05) is 66.0 Å². The number of fused-ring (bicyclic) bond motifs is 3. The Bertz CT molecular complexity index is 2220. The van der Waals surface area contributed by atoms with Crippen molar-refractivity contribution < 1.29 is 23.4 Å². The van der Waals surface area contributed by atoms with Crippen molar-refractivity contribution >= 4 is 11.4 Å². The van der Waals surface area contributed by atoms with Crippen LogP contribution in [0.1, 0.15) is 37.6 Å². The fourth-order valence-corrected chi connectivity index (χ4v) is 7.32. The number of tetrazole rings is 1. The maximum absolute atomic E-state index is 16.2. The van der Waals surface area contributed by atoms with Crippen LogP contribution in [0.3, 0.4) is 0 Å². The van der Waals surface area contributed by atoms with Crippen LogP contribution in [0.2, 0.25) is 0 Å². The van der Waals surface area contributed by atoms with Gasteiger partial charge in [0.2, 0.25) is 0 Å². The molecule has 8 rings (SSSR count). The minimum absolute atomic E-state index is 0.00583. The van der Waals surface area contributed by atoms with Crippen LogP contribution >= 0.6 is 0 Å². The molecule has 0 amide bonds. The summed E-state index contributed by atoms with van der Waals surface area (Å²) in [5.74, 6) is -3.81. The van der Waals surface area contributed by atoms with E-state index in [1.54, 1.807) is 24.0 Å². The highest BCUT2D eigenvalue weighted by Gasteiger charge is 2.59. The molecule has 1 fully saturated rings. The molecule has 6 aromatic rings. The SMILES string of the molecule is CC[C@@H]([C@H](C)O)n1cnc(-c2ccc(N3CCN(c4ccc(-c5ccc(C(F)(F)[C@]6(O)Cn7nnnc7-c7cc(F)ccc76)nc5)cc4)CC3)cc2)n1. The highest BCUT2D eigenvalue weighted by atomic mass is 19.3. The molecule has 5 heterocycles. The number of nitrogens with zero attached hydrogens (tertiary/aromatic N) is 10.